The van der Waals surface area contributed by atoms with Gasteiger partial charge in [-0.15, -0.1) is 0 Å². The summed E-state index contributed by atoms with van der Waals surface area (Å²) in [5, 5.41) is 3.02. The van der Waals surface area contributed by atoms with E-state index in [1.54, 1.807) is 6.20 Å². The molecule has 0 spiro atoms. The molecule has 1 aliphatic rings. The van der Waals surface area contributed by atoms with Crippen LogP contribution in [0.25, 0.3) is 0 Å². The van der Waals surface area contributed by atoms with E-state index in [2.05, 4.69) is 35.4 Å². The van der Waals surface area contributed by atoms with Crippen LogP contribution >= 0.6 is 0 Å². The molecule has 2 amide bonds. The van der Waals surface area contributed by atoms with Crippen LogP contribution in [-0.2, 0) is 19.5 Å². The Hall–Kier alpha value is -2.36. The van der Waals surface area contributed by atoms with Gasteiger partial charge in [0.1, 0.15) is 0 Å². The molecule has 0 bridgehead atoms. The second kappa shape index (κ2) is 6.18. The van der Waals surface area contributed by atoms with Gasteiger partial charge in [-0.1, -0.05) is 30.3 Å². The van der Waals surface area contributed by atoms with E-state index < -0.39 is 0 Å². The molecule has 3 rings (SSSR count). The highest BCUT2D eigenvalue weighted by Gasteiger charge is 2.26. The van der Waals surface area contributed by atoms with Gasteiger partial charge in [0.05, 0.1) is 0 Å². The Balaban J connectivity index is 1.67. The number of hydrogen-bond donors (Lipinski definition) is 1. The van der Waals surface area contributed by atoms with E-state index in [0.717, 1.165) is 17.7 Å². The molecule has 0 aliphatic carbocycles. The van der Waals surface area contributed by atoms with Gasteiger partial charge in [-0.05, 0) is 43.0 Å². The third-order valence-corrected chi connectivity index (χ3v) is 4.31. The minimum atomic E-state index is -0.00902. The molecule has 4 nitrogen and oxygen atoms in total. The lowest BCUT2D eigenvalue weighted by Crippen LogP contribution is -2.47. The molecule has 22 heavy (non-hydrogen) atoms. The molecule has 1 atom stereocenters. The van der Waals surface area contributed by atoms with Crippen molar-refractivity contribution in [3.05, 3.63) is 65.0 Å². The third-order valence-electron chi connectivity index (χ3n) is 4.31. The van der Waals surface area contributed by atoms with E-state index in [4.69, 9.17) is 0 Å². The monoisotopic (exact) mass is 295 g/mol. The van der Waals surface area contributed by atoms with Crippen LogP contribution in [0.2, 0.25) is 0 Å². The van der Waals surface area contributed by atoms with Crippen molar-refractivity contribution < 1.29 is 4.79 Å². The lowest BCUT2D eigenvalue weighted by molar-refractivity contribution is 0.168. The zero-order chi connectivity index (χ0) is 15.5. The number of aryl methyl sites for hydroxylation is 1. The summed E-state index contributed by atoms with van der Waals surface area (Å²) in [6.07, 6.45) is 2.68. The molecule has 1 unspecified atom stereocenters. The molecule has 1 aromatic carbocycles. The standard InChI is InChI=1S/C18H21N3O/c1-13-10-15-6-3-4-7-17(15)12-21(13)18(22)20-11-16-8-5-9-19-14(16)2/h3-9,13H,10-12H2,1-2H3,(H,20,22). The maximum Gasteiger partial charge on any atom is 0.318 e. The zero-order valence-electron chi connectivity index (χ0n) is 13.0. The fourth-order valence-electron chi connectivity index (χ4n) is 2.93. The summed E-state index contributed by atoms with van der Waals surface area (Å²) in [6.45, 7) is 5.25. The Morgan fingerprint density at radius 3 is 2.82 bits per heavy atom. The minimum Gasteiger partial charge on any atom is -0.334 e. The van der Waals surface area contributed by atoms with Gasteiger partial charge in [0.25, 0.3) is 0 Å². The van der Waals surface area contributed by atoms with Crippen LogP contribution in [0, 0.1) is 6.92 Å². The molecule has 4 heteroatoms. The number of carbonyl (C=O) groups excluding carboxylic acids is 1. The van der Waals surface area contributed by atoms with Gasteiger partial charge >= 0.3 is 6.03 Å². The predicted octanol–water partition coefficient (Wildman–Crippen LogP) is 3.05. The molecular formula is C18H21N3O. The zero-order valence-corrected chi connectivity index (χ0v) is 13.0. The van der Waals surface area contributed by atoms with Crippen molar-refractivity contribution in [1.29, 1.82) is 0 Å². The van der Waals surface area contributed by atoms with E-state index in [1.165, 1.54) is 11.1 Å². The highest BCUT2D eigenvalue weighted by Crippen LogP contribution is 2.23. The maximum absolute atomic E-state index is 12.5. The van der Waals surface area contributed by atoms with Gasteiger partial charge in [0, 0.05) is 31.0 Å². The van der Waals surface area contributed by atoms with Crippen molar-refractivity contribution in [2.45, 2.75) is 39.4 Å². The number of hydrogen-bond acceptors (Lipinski definition) is 2. The van der Waals surface area contributed by atoms with Gasteiger partial charge in [0.2, 0.25) is 0 Å². The smallest absolute Gasteiger partial charge is 0.318 e. The molecule has 0 saturated heterocycles. The molecule has 2 heterocycles. The molecule has 1 N–H and O–H groups in total. The molecule has 1 aromatic heterocycles. The highest BCUT2D eigenvalue weighted by atomic mass is 16.2. The summed E-state index contributed by atoms with van der Waals surface area (Å²) in [5.74, 6) is 0. The lowest BCUT2D eigenvalue weighted by atomic mass is 9.95. The SMILES string of the molecule is Cc1ncccc1CNC(=O)N1Cc2ccccc2CC1C. The van der Waals surface area contributed by atoms with Crippen LogP contribution in [0.4, 0.5) is 4.79 Å². The van der Waals surface area contributed by atoms with Crippen LogP contribution in [-0.4, -0.2) is 22.0 Å². The van der Waals surface area contributed by atoms with Gasteiger partial charge in [-0.3, -0.25) is 4.98 Å². The number of nitrogens with one attached hydrogen (secondary N) is 1. The molecule has 0 fully saturated rings. The fourth-order valence-corrected chi connectivity index (χ4v) is 2.93. The second-order valence-corrected chi connectivity index (χ2v) is 5.86. The average Bonchev–Trinajstić information content (AvgIpc) is 2.53. The number of pyridine rings is 1. The van der Waals surface area contributed by atoms with E-state index in [9.17, 15) is 4.79 Å². The fraction of sp³-hybridized carbons (Fsp3) is 0.333. The first-order valence-corrected chi connectivity index (χ1v) is 7.67. The normalized spacial score (nSPS) is 17.0. The summed E-state index contributed by atoms with van der Waals surface area (Å²) >= 11 is 0. The van der Waals surface area contributed by atoms with E-state index in [-0.39, 0.29) is 12.1 Å². The predicted molar refractivity (Wildman–Crippen MR) is 86.4 cm³/mol. The van der Waals surface area contributed by atoms with Crippen LogP contribution < -0.4 is 5.32 Å². The van der Waals surface area contributed by atoms with Crippen molar-refractivity contribution >= 4 is 6.03 Å². The van der Waals surface area contributed by atoms with Gasteiger partial charge in [0.15, 0.2) is 0 Å². The Kier molecular flexibility index (Phi) is 4.09. The van der Waals surface area contributed by atoms with Crippen LogP contribution in [0.3, 0.4) is 0 Å². The molecule has 0 radical (unpaired) electrons. The van der Waals surface area contributed by atoms with Crippen molar-refractivity contribution in [3.63, 3.8) is 0 Å². The number of nitrogens with zero attached hydrogens (tertiary/aromatic N) is 2. The summed E-state index contributed by atoms with van der Waals surface area (Å²) in [6, 6.07) is 12.4. The van der Waals surface area contributed by atoms with Crippen LogP contribution in [0.15, 0.2) is 42.6 Å². The van der Waals surface area contributed by atoms with Gasteiger partial charge < -0.3 is 10.2 Å². The number of carbonyl (C=O) groups is 1. The molecule has 0 saturated carbocycles. The lowest BCUT2D eigenvalue weighted by Gasteiger charge is -2.35. The minimum absolute atomic E-state index is 0.00902. The number of aromatic nitrogens is 1. The number of urea groups is 1. The molecular weight excluding hydrogens is 274 g/mol. The van der Waals surface area contributed by atoms with E-state index in [0.29, 0.717) is 13.1 Å². The summed E-state index contributed by atoms with van der Waals surface area (Å²) in [5.41, 5.74) is 4.61. The number of amides is 2. The number of rotatable bonds is 2. The van der Waals surface area contributed by atoms with E-state index in [1.807, 2.05) is 30.0 Å². The Morgan fingerprint density at radius 2 is 2.05 bits per heavy atom. The maximum atomic E-state index is 12.5. The molecule has 1 aliphatic heterocycles. The average molecular weight is 295 g/mol. The summed E-state index contributed by atoms with van der Waals surface area (Å²) < 4.78 is 0. The first-order chi connectivity index (χ1) is 10.6. The second-order valence-electron chi connectivity index (χ2n) is 5.86. The quantitative estimate of drug-likeness (QED) is 0.925. The van der Waals surface area contributed by atoms with Crippen molar-refractivity contribution in [1.82, 2.24) is 15.2 Å². The number of fused-ring (bicyclic) bond motifs is 1. The largest absolute Gasteiger partial charge is 0.334 e. The van der Waals surface area contributed by atoms with Gasteiger partial charge in [-0.2, -0.15) is 0 Å². The third kappa shape index (κ3) is 2.96. The molecule has 114 valence electrons. The van der Waals surface area contributed by atoms with Crippen molar-refractivity contribution in [3.8, 4) is 0 Å². The summed E-state index contributed by atoms with van der Waals surface area (Å²) in [7, 11) is 0. The Morgan fingerprint density at radius 1 is 1.27 bits per heavy atom. The summed E-state index contributed by atoms with van der Waals surface area (Å²) in [4.78, 5) is 18.7. The first-order valence-electron chi connectivity index (χ1n) is 7.67. The van der Waals surface area contributed by atoms with Crippen LogP contribution in [0.1, 0.15) is 29.3 Å². The van der Waals surface area contributed by atoms with Gasteiger partial charge in [-0.25, -0.2) is 4.79 Å². The number of benzene rings is 1. The van der Waals surface area contributed by atoms with Crippen molar-refractivity contribution in [2.24, 2.45) is 0 Å². The molecule has 2 aromatic rings. The Labute approximate surface area is 131 Å². The Bertz CT molecular complexity index is 684. The van der Waals surface area contributed by atoms with E-state index >= 15 is 0 Å². The van der Waals surface area contributed by atoms with Crippen LogP contribution in [0.5, 0.6) is 0 Å². The topological polar surface area (TPSA) is 45.2 Å². The highest BCUT2D eigenvalue weighted by molar-refractivity contribution is 5.75. The first kappa shape index (κ1) is 14.6. The van der Waals surface area contributed by atoms with Crippen molar-refractivity contribution in [2.75, 3.05) is 0 Å².